The lowest BCUT2D eigenvalue weighted by atomic mass is 9.82. The van der Waals surface area contributed by atoms with E-state index in [2.05, 4.69) is 190 Å². The smallest absolute Gasteiger partial charge is 0.138 e. The summed E-state index contributed by atoms with van der Waals surface area (Å²) in [6.07, 6.45) is 0. The van der Waals surface area contributed by atoms with Crippen LogP contribution in [0.25, 0.3) is 75.2 Å². The molecule has 0 atom stereocenters. The highest BCUT2D eigenvalue weighted by molar-refractivity contribution is 7.26. The molecule has 2 aliphatic carbocycles. The Balaban J connectivity index is 1.11. The summed E-state index contributed by atoms with van der Waals surface area (Å²) in [4.78, 5) is 8.08. The summed E-state index contributed by atoms with van der Waals surface area (Å²) in [6, 6.07) is 58.6. The van der Waals surface area contributed by atoms with Crippen LogP contribution in [-0.2, 0) is 10.8 Å². The normalized spacial score (nSPS) is 14.7. The highest BCUT2D eigenvalue weighted by Crippen LogP contribution is 2.56. The number of thiophene rings is 1. The molecule has 2 nitrogen and oxygen atoms in total. The molecule has 2 aliphatic rings. The molecule has 56 heavy (non-hydrogen) atoms. The van der Waals surface area contributed by atoms with Crippen molar-refractivity contribution in [1.29, 1.82) is 0 Å². The van der Waals surface area contributed by atoms with Gasteiger partial charge in [0.1, 0.15) is 5.82 Å². The van der Waals surface area contributed by atoms with E-state index in [9.17, 15) is 0 Å². The van der Waals surface area contributed by atoms with Gasteiger partial charge in [0, 0.05) is 47.8 Å². The largest absolute Gasteiger partial charge is 0.294 e. The molecule has 266 valence electrons. The SMILES string of the molecule is CC1(C)c2ccccc2-c2ccc(N(c3cccc(-c4ccc5c6ccccc6c6cccc7sc4c5c76)n3)c3cccc4c3-c3ccccc3C4(C)C)cc21. The molecular weight excluding hydrogens is 697 g/mol. The van der Waals surface area contributed by atoms with Crippen molar-refractivity contribution in [3.8, 4) is 33.5 Å². The quantitative estimate of drug-likeness (QED) is 0.167. The molecule has 0 saturated carbocycles. The van der Waals surface area contributed by atoms with Gasteiger partial charge in [-0.15, -0.1) is 11.3 Å². The van der Waals surface area contributed by atoms with Crippen molar-refractivity contribution in [2.75, 3.05) is 4.90 Å². The predicted molar refractivity (Wildman–Crippen MR) is 239 cm³/mol. The number of aromatic nitrogens is 1. The maximum absolute atomic E-state index is 5.65. The molecule has 0 spiro atoms. The lowest BCUT2D eigenvalue weighted by Crippen LogP contribution is -2.18. The highest BCUT2D eigenvalue weighted by atomic mass is 32.1. The lowest BCUT2D eigenvalue weighted by Gasteiger charge is -2.30. The van der Waals surface area contributed by atoms with E-state index >= 15 is 0 Å². The van der Waals surface area contributed by atoms with Crippen LogP contribution in [-0.4, -0.2) is 4.98 Å². The van der Waals surface area contributed by atoms with E-state index in [-0.39, 0.29) is 10.8 Å². The zero-order valence-corrected chi connectivity index (χ0v) is 32.6. The second kappa shape index (κ2) is 11.2. The number of benzene rings is 8. The summed E-state index contributed by atoms with van der Waals surface area (Å²) in [6.45, 7) is 9.45. The lowest BCUT2D eigenvalue weighted by molar-refractivity contribution is 0.660. The van der Waals surface area contributed by atoms with Gasteiger partial charge < -0.3 is 0 Å². The van der Waals surface area contributed by atoms with Crippen LogP contribution in [0.3, 0.4) is 0 Å². The molecule has 0 bridgehead atoms. The molecule has 2 aromatic heterocycles. The van der Waals surface area contributed by atoms with Crippen molar-refractivity contribution in [1.82, 2.24) is 4.98 Å². The van der Waals surface area contributed by atoms with Crippen molar-refractivity contribution in [2.24, 2.45) is 0 Å². The fourth-order valence-corrected chi connectivity index (χ4v) is 11.6. The first-order chi connectivity index (χ1) is 27.3. The molecule has 0 N–H and O–H groups in total. The summed E-state index contributed by atoms with van der Waals surface area (Å²) in [5, 5.41) is 7.96. The number of nitrogens with zero attached hydrogens (tertiary/aromatic N) is 2. The third kappa shape index (κ3) is 4.13. The van der Waals surface area contributed by atoms with E-state index in [4.69, 9.17) is 4.98 Å². The maximum Gasteiger partial charge on any atom is 0.138 e. The molecule has 0 amide bonds. The second-order valence-corrected chi connectivity index (χ2v) is 17.7. The summed E-state index contributed by atoms with van der Waals surface area (Å²) in [7, 11) is 0. The Labute approximate surface area is 330 Å². The van der Waals surface area contributed by atoms with Gasteiger partial charge >= 0.3 is 0 Å². The summed E-state index contributed by atoms with van der Waals surface area (Å²) >= 11 is 1.89. The molecule has 0 unspecified atom stereocenters. The third-order valence-corrected chi connectivity index (χ3v) is 14.2. The second-order valence-electron chi connectivity index (χ2n) is 16.7. The average molecular weight is 735 g/mol. The number of anilines is 3. The summed E-state index contributed by atoms with van der Waals surface area (Å²) in [5.41, 5.74) is 14.8. The summed E-state index contributed by atoms with van der Waals surface area (Å²) in [5.74, 6) is 0.905. The Morgan fingerprint density at radius 1 is 0.464 bits per heavy atom. The Morgan fingerprint density at radius 2 is 1.07 bits per heavy atom. The van der Waals surface area contributed by atoms with Gasteiger partial charge in [-0.25, -0.2) is 4.98 Å². The molecule has 12 rings (SSSR count). The van der Waals surface area contributed by atoms with Crippen LogP contribution < -0.4 is 4.90 Å². The zero-order chi connectivity index (χ0) is 37.5. The topological polar surface area (TPSA) is 16.1 Å². The molecule has 3 heteroatoms. The third-order valence-electron chi connectivity index (χ3n) is 13.0. The number of fused-ring (bicyclic) bond motifs is 9. The van der Waals surface area contributed by atoms with Gasteiger partial charge in [-0.2, -0.15) is 0 Å². The van der Waals surface area contributed by atoms with E-state index in [0.717, 1.165) is 22.9 Å². The first kappa shape index (κ1) is 32.0. The molecule has 0 saturated heterocycles. The average Bonchev–Trinajstić information content (AvgIpc) is 3.82. The van der Waals surface area contributed by atoms with Gasteiger partial charge in [-0.05, 0) is 96.9 Å². The van der Waals surface area contributed by atoms with Crippen LogP contribution >= 0.6 is 11.3 Å². The van der Waals surface area contributed by atoms with Crippen LogP contribution in [0.2, 0.25) is 0 Å². The standard InChI is InChI=1S/C53H38N2S/c1-52(2)41-20-10-8-17-38(41)48-42(52)21-12-23-45(48)55(31-26-27-35-34-16-7-9-19-40(34)53(3,4)43(35)30-31)47-25-13-22-44(54-47)39-29-28-37-33-15-6-5-14-32(33)36-18-11-24-46-49(36)50(37)51(39)56-46/h5-30H,1-4H3. The van der Waals surface area contributed by atoms with Crippen LogP contribution in [0.1, 0.15) is 49.9 Å². The van der Waals surface area contributed by atoms with Crippen LogP contribution in [0.15, 0.2) is 158 Å². The van der Waals surface area contributed by atoms with Gasteiger partial charge in [0.05, 0.1) is 11.4 Å². The van der Waals surface area contributed by atoms with Gasteiger partial charge in [0.15, 0.2) is 0 Å². The van der Waals surface area contributed by atoms with Crippen molar-refractivity contribution in [3.63, 3.8) is 0 Å². The number of pyridine rings is 1. The minimum absolute atomic E-state index is 0.124. The molecule has 2 heterocycles. The van der Waals surface area contributed by atoms with E-state index in [1.807, 2.05) is 11.3 Å². The van der Waals surface area contributed by atoms with Crippen molar-refractivity contribution < 1.29 is 0 Å². The van der Waals surface area contributed by atoms with Gasteiger partial charge in [-0.3, -0.25) is 4.90 Å². The summed E-state index contributed by atoms with van der Waals surface area (Å²) < 4.78 is 2.62. The first-order valence-electron chi connectivity index (χ1n) is 19.6. The monoisotopic (exact) mass is 734 g/mol. The van der Waals surface area contributed by atoms with E-state index < -0.39 is 0 Å². The van der Waals surface area contributed by atoms with E-state index in [1.54, 1.807) is 0 Å². The predicted octanol–water partition coefficient (Wildman–Crippen LogP) is 14.9. The molecular formula is C53H38N2S. The molecule has 0 radical (unpaired) electrons. The van der Waals surface area contributed by atoms with Crippen LogP contribution in [0, 0.1) is 0 Å². The van der Waals surface area contributed by atoms with Gasteiger partial charge in [-0.1, -0.05) is 149 Å². The zero-order valence-electron chi connectivity index (χ0n) is 31.8. The molecule has 8 aromatic carbocycles. The Kier molecular flexibility index (Phi) is 6.37. The molecule has 10 aromatic rings. The van der Waals surface area contributed by atoms with Crippen molar-refractivity contribution in [3.05, 3.63) is 180 Å². The van der Waals surface area contributed by atoms with Crippen molar-refractivity contribution in [2.45, 2.75) is 38.5 Å². The molecule has 0 fully saturated rings. The first-order valence-corrected chi connectivity index (χ1v) is 20.5. The highest BCUT2D eigenvalue weighted by Gasteiger charge is 2.39. The van der Waals surface area contributed by atoms with Crippen LogP contribution in [0.4, 0.5) is 17.2 Å². The maximum atomic E-state index is 5.65. The Morgan fingerprint density at radius 3 is 1.89 bits per heavy atom. The Hall–Kier alpha value is -6.29. The van der Waals surface area contributed by atoms with Gasteiger partial charge in [0.25, 0.3) is 0 Å². The van der Waals surface area contributed by atoms with E-state index in [1.165, 1.54) is 91.8 Å². The van der Waals surface area contributed by atoms with Crippen LogP contribution in [0.5, 0.6) is 0 Å². The number of hydrogen-bond acceptors (Lipinski definition) is 3. The van der Waals surface area contributed by atoms with Crippen molar-refractivity contribution >= 4 is 70.2 Å². The number of rotatable bonds is 4. The Bertz CT molecular complexity index is 3270. The fourth-order valence-electron chi connectivity index (χ4n) is 10.4. The molecule has 0 aliphatic heterocycles. The minimum atomic E-state index is -0.132. The fraction of sp³-hybridized carbons (Fsp3) is 0.113. The minimum Gasteiger partial charge on any atom is -0.294 e. The number of hydrogen-bond donors (Lipinski definition) is 0. The van der Waals surface area contributed by atoms with E-state index in [0.29, 0.717) is 0 Å². The van der Waals surface area contributed by atoms with Gasteiger partial charge in [0.2, 0.25) is 0 Å².